The van der Waals surface area contributed by atoms with E-state index >= 15 is 0 Å². The first-order chi connectivity index (χ1) is 5.24. The van der Waals surface area contributed by atoms with Crippen molar-refractivity contribution in [2.24, 2.45) is 0 Å². The SMILES string of the molecule is CC(C)c1ccc(NF)cc1. The van der Waals surface area contributed by atoms with E-state index in [1.165, 1.54) is 5.56 Å². The Labute approximate surface area is 66.2 Å². The van der Waals surface area contributed by atoms with Crippen LogP contribution in [-0.2, 0) is 0 Å². The first-order valence-electron chi connectivity index (χ1n) is 3.70. The number of halogens is 1. The molecule has 0 unspecified atom stereocenters. The molecule has 1 N–H and O–H groups in total. The fourth-order valence-electron chi connectivity index (χ4n) is 0.931. The molecule has 0 aliphatic carbocycles. The molecule has 0 aromatic heterocycles. The first-order valence-corrected chi connectivity index (χ1v) is 3.70. The van der Waals surface area contributed by atoms with E-state index in [1.807, 2.05) is 12.1 Å². The molecule has 1 nitrogen and oxygen atoms in total. The molecule has 0 saturated carbocycles. The molecule has 1 rings (SSSR count). The number of nitrogens with one attached hydrogen (secondary N) is 1. The fraction of sp³-hybridized carbons (Fsp3) is 0.333. The third-order valence-corrected chi connectivity index (χ3v) is 1.69. The smallest absolute Gasteiger partial charge is 0.0655 e. The van der Waals surface area contributed by atoms with Crippen LogP contribution in [0.2, 0.25) is 0 Å². The van der Waals surface area contributed by atoms with Gasteiger partial charge in [-0.1, -0.05) is 26.0 Å². The van der Waals surface area contributed by atoms with Gasteiger partial charge in [-0.15, -0.1) is 4.48 Å². The molecule has 0 bridgehead atoms. The lowest BCUT2D eigenvalue weighted by Gasteiger charge is -2.04. The molecule has 0 spiro atoms. The maximum absolute atomic E-state index is 11.8. The van der Waals surface area contributed by atoms with Crippen LogP contribution in [0.3, 0.4) is 0 Å². The summed E-state index contributed by atoms with van der Waals surface area (Å²) in [6.07, 6.45) is 0. The van der Waals surface area contributed by atoms with E-state index in [-0.39, 0.29) is 0 Å². The lowest BCUT2D eigenvalue weighted by atomic mass is 10.0. The summed E-state index contributed by atoms with van der Waals surface area (Å²) < 4.78 is 11.8. The Morgan fingerprint density at radius 2 is 1.73 bits per heavy atom. The topological polar surface area (TPSA) is 12.0 Å². The van der Waals surface area contributed by atoms with Crippen LogP contribution in [0.25, 0.3) is 0 Å². The molecule has 0 aliphatic rings. The second-order valence-electron chi connectivity index (χ2n) is 2.87. The minimum atomic E-state index is 0.503. The maximum Gasteiger partial charge on any atom is 0.0655 e. The summed E-state index contributed by atoms with van der Waals surface area (Å²) in [7, 11) is 0. The fourth-order valence-corrected chi connectivity index (χ4v) is 0.931. The molecule has 1 aromatic rings. The molecule has 1 aromatic carbocycles. The Balaban J connectivity index is 2.83. The number of hydrogen-bond acceptors (Lipinski definition) is 1. The maximum atomic E-state index is 11.8. The van der Waals surface area contributed by atoms with Crippen LogP contribution in [0.1, 0.15) is 25.3 Å². The molecule has 0 saturated heterocycles. The van der Waals surface area contributed by atoms with Gasteiger partial charge in [-0.05, 0) is 23.6 Å². The van der Waals surface area contributed by atoms with Crippen molar-refractivity contribution in [3.05, 3.63) is 29.8 Å². The van der Waals surface area contributed by atoms with Crippen LogP contribution in [0.5, 0.6) is 0 Å². The van der Waals surface area contributed by atoms with E-state index < -0.39 is 0 Å². The van der Waals surface area contributed by atoms with Gasteiger partial charge in [0.05, 0.1) is 5.69 Å². The monoisotopic (exact) mass is 153 g/mol. The highest BCUT2D eigenvalue weighted by Crippen LogP contribution is 2.16. The predicted molar refractivity (Wildman–Crippen MR) is 45.3 cm³/mol. The number of anilines is 1. The molecule has 0 atom stereocenters. The lowest BCUT2D eigenvalue weighted by Crippen LogP contribution is -1.87. The van der Waals surface area contributed by atoms with Crippen LogP contribution < -0.4 is 5.54 Å². The molecule has 11 heavy (non-hydrogen) atoms. The Hall–Kier alpha value is -1.05. The molecule has 0 aliphatic heterocycles. The highest BCUT2D eigenvalue weighted by molar-refractivity contribution is 5.42. The van der Waals surface area contributed by atoms with Crippen molar-refractivity contribution in [2.45, 2.75) is 19.8 Å². The quantitative estimate of drug-likeness (QED) is 0.644. The van der Waals surface area contributed by atoms with E-state index in [4.69, 9.17) is 0 Å². The zero-order chi connectivity index (χ0) is 8.27. The third kappa shape index (κ3) is 1.93. The van der Waals surface area contributed by atoms with Gasteiger partial charge in [-0.3, -0.25) is 0 Å². The average molecular weight is 153 g/mol. The second-order valence-corrected chi connectivity index (χ2v) is 2.87. The molecular formula is C9H12FN. The summed E-state index contributed by atoms with van der Waals surface area (Å²) >= 11 is 0. The number of benzene rings is 1. The van der Waals surface area contributed by atoms with Gasteiger partial charge < -0.3 is 0 Å². The van der Waals surface area contributed by atoms with Gasteiger partial charge in [0.1, 0.15) is 0 Å². The van der Waals surface area contributed by atoms with Crippen LogP contribution in [0.15, 0.2) is 24.3 Å². The minimum absolute atomic E-state index is 0.503. The second kappa shape index (κ2) is 3.37. The zero-order valence-corrected chi connectivity index (χ0v) is 6.76. The van der Waals surface area contributed by atoms with Crippen molar-refractivity contribution in [1.29, 1.82) is 0 Å². The van der Waals surface area contributed by atoms with Gasteiger partial charge >= 0.3 is 0 Å². The van der Waals surface area contributed by atoms with Crippen molar-refractivity contribution in [3.8, 4) is 0 Å². The largest absolute Gasteiger partial charge is 0.225 e. The highest BCUT2D eigenvalue weighted by Gasteiger charge is 1.97. The van der Waals surface area contributed by atoms with Gasteiger partial charge in [0.25, 0.3) is 0 Å². The molecule has 2 heteroatoms. The van der Waals surface area contributed by atoms with E-state index in [2.05, 4.69) is 13.8 Å². The van der Waals surface area contributed by atoms with Crippen molar-refractivity contribution in [1.82, 2.24) is 0 Å². The van der Waals surface area contributed by atoms with Crippen LogP contribution in [0, 0.1) is 0 Å². The van der Waals surface area contributed by atoms with E-state index in [9.17, 15) is 4.48 Å². The number of rotatable bonds is 2. The summed E-state index contributed by atoms with van der Waals surface area (Å²) in [6, 6.07) is 7.31. The summed E-state index contributed by atoms with van der Waals surface area (Å²) in [5.41, 5.74) is 3.33. The summed E-state index contributed by atoms with van der Waals surface area (Å²) in [5.74, 6) is 0.503. The van der Waals surface area contributed by atoms with E-state index in [0.717, 1.165) is 0 Å². The Kier molecular flexibility index (Phi) is 2.47. The third-order valence-electron chi connectivity index (χ3n) is 1.69. The Morgan fingerprint density at radius 3 is 2.09 bits per heavy atom. The molecule has 0 amide bonds. The van der Waals surface area contributed by atoms with Gasteiger partial charge in [-0.25, -0.2) is 5.54 Å². The summed E-state index contributed by atoms with van der Waals surface area (Å²) in [6.45, 7) is 4.22. The molecule has 60 valence electrons. The van der Waals surface area contributed by atoms with Gasteiger partial charge in [0.15, 0.2) is 0 Å². The summed E-state index contributed by atoms with van der Waals surface area (Å²) in [5, 5.41) is 0. The van der Waals surface area contributed by atoms with Gasteiger partial charge in [0, 0.05) is 0 Å². The normalized spacial score (nSPS) is 10.2. The predicted octanol–water partition coefficient (Wildman–Crippen LogP) is 3.11. The van der Waals surface area contributed by atoms with Gasteiger partial charge in [-0.2, -0.15) is 0 Å². The van der Waals surface area contributed by atoms with Crippen molar-refractivity contribution in [2.75, 3.05) is 5.54 Å². The molecule has 0 heterocycles. The average Bonchev–Trinajstić information content (AvgIpc) is 2.05. The van der Waals surface area contributed by atoms with Crippen molar-refractivity contribution in [3.63, 3.8) is 0 Å². The minimum Gasteiger partial charge on any atom is -0.225 e. The van der Waals surface area contributed by atoms with Gasteiger partial charge in [0.2, 0.25) is 0 Å². The first kappa shape index (κ1) is 8.05. The standard InChI is InChI=1S/C9H12FN/c1-7(2)8-3-5-9(11-10)6-4-8/h3-7,11H,1-2H3. The summed E-state index contributed by atoms with van der Waals surface area (Å²) in [4.78, 5) is 0. The van der Waals surface area contributed by atoms with Crippen LogP contribution in [-0.4, -0.2) is 0 Å². The highest BCUT2D eigenvalue weighted by atomic mass is 19.2. The molecule has 0 radical (unpaired) electrons. The lowest BCUT2D eigenvalue weighted by molar-refractivity contribution is 0.617. The van der Waals surface area contributed by atoms with E-state index in [1.54, 1.807) is 17.7 Å². The van der Waals surface area contributed by atoms with Crippen molar-refractivity contribution >= 4 is 5.69 Å². The zero-order valence-electron chi connectivity index (χ0n) is 6.76. The Bertz CT molecular complexity index is 216. The van der Waals surface area contributed by atoms with E-state index in [0.29, 0.717) is 11.6 Å². The van der Waals surface area contributed by atoms with Crippen LogP contribution >= 0.6 is 0 Å². The Morgan fingerprint density at radius 1 is 1.18 bits per heavy atom. The molecular weight excluding hydrogens is 141 g/mol. The molecule has 0 fully saturated rings. The van der Waals surface area contributed by atoms with Crippen LogP contribution in [0.4, 0.5) is 10.2 Å². The van der Waals surface area contributed by atoms with Crippen molar-refractivity contribution < 1.29 is 4.48 Å². The number of hydrogen-bond donors (Lipinski definition) is 1.